The van der Waals surface area contributed by atoms with Crippen molar-refractivity contribution in [3.05, 3.63) is 57.7 Å². The molecule has 0 radical (unpaired) electrons. The van der Waals surface area contributed by atoms with Crippen molar-refractivity contribution in [3.8, 4) is 6.07 Å². The molecule has 168 valence electrons. The lowest BCUT2D eigenvalue weighted by molar-refractivity contribution is -0.129. The summed E-state index contributed by atoms with van der Waals surface area (Å²) < 4.78 is 0. The van der Waals surface area contributed by atoms with Gasteiger partial charge < -0.3 is 15.1 Å². The van der Waals surface area contributed by atoms with Crippen LogP contribution in [0, 0.1) is 18.3 Å². The van der Waals surface area contributed by atoms with Crippen LogP contribution in [0.4, 0.5) is 16.9 Å². The van der Waals surface area contributed by atoms with E-state index in [0.29, 0.717) is 41.3 Å². The van der Waals surface area contributed by atoms with E-state index in [0.717, 1.165) is 30.6 Å². The van der Waals surface area contributed by atoms with Gasteiger partial charge in [-0.1, -0.05) is 41.2 Å². The van der Waals surface area contributed by atoms with Crippen molar-refractivity contribution in [2.24, 2.45) is 0 Å². The molecular formula is C24H25N7OS. The minimum atomic E-state index is 0.0377. The minimum Gasteiger partial charge on any atom is -0.338 e. The zero-order valence-electron chi connectivity index (χ0n) is 18.7. The van der Waals surface area contributed by atoms with Crippen molar-refractivity contribution in [3.63, 3.8) is 0 Å². The zero-order valence-corrected chi connectivity index (χ0v) is 19.5. The molecule has 33 heavy (non-hydrogen) atoms. The molecule has 4 heterocycles. The maximum absolute atomic E-state index is 12.0. The average molecular weight is 460 g/mol. The topological polar surface area (TPSA) is 98.0 Å². The third kappa shape index (κ3) is 4.26. The molecule has 2 aliphatic heterocycles. The van der Waals surface area contributed by atoms with Gasteiger partial charge in [0.1, 0.15) is 16.8 Å². The average Bonchev–Trinajstić information content (AvgIpc) is 3.49. The van der Waals surface area contributed by atoms with Crippen molar-refractivity contribution in [1.82, 2.24) is 19.9 Å². The molecule has 0 bridgehead atoms. The highest BCUT2D eigenvalue weighted by Gasteiger charge is 2.31. The quantitative estimate of drug-likeness (QED) is 0.627. The van der Waals surface area contributed by atoms with Gasteiger partial charge in [0, 0.05) is 32.0 Å². The van der Waals surface area contributed by atoms with Crippen molar-refractivity contribution in [2.45, 2.75) is 45.7 Å². The first-order valence-electron chi connectivity index (χ1n) is 11.1. The number of carbonyl (C=O) groups excluding carboxylic acids is 1. The number of thiazole rings is 1. The van der Waals surface area contributed by atoms with Gasteiger partial charge in [-0.15, -0.1) is 0 Å². The number of nitrogens with zero attached hydrogens (tertiary/aromatic N) is 6. The summed E-state index contributed by atoms with van der Waals surface area (Å²) in [6, 6.07) is 11.0. The summed E-state index contributed by atoms with van der Waals surface area (Å²) in [5.41, 5.74) is 4.40. The van der Waals surface area contributed by atoms with Crippen LogP contribution >= 0.6 is 11.3 Å². The summed E-state index contributed by atoms with van der Waals surface area (Å²) in [5.74, 6) is 1.40. The fraction of sp³-hybridized carbons (Fsp3) is 0.375. The molecule has 1 fully saturated rings. The molecule has 9 heteroatoms. The molecule has 2 aromatic heterocycles. The summed E-state index contributed by atoms with van der Waals surface area (Å²) in [7, 11) is 0. The second kappa shape index (κ2) is 8.79. The molecule has 1 aromatic carbocycles. The Morgan fingerprint density at radius 3 is 2.79 bits per heavy atom. The number of aromatic nitrogens is 3. The fourth-order valence-corrected chi connectivity index (χ4v) is 5.14. The normalized spacial score (nSPS) is 17.5. The number of benzene rings is 1. The Morgan fingerprint density at radius 1 is 1.24 bits per heavy atom. The molecule has 1 amide bonds. The van der Waals surface area contributed by atoms with Gasteiger partial charge in [0.05, 0.1) is 24.5 Å². The van der Waals surface area contributed by atoms with E-state index < -0.39 is 0 Å². The van der Waals surface area contributed by atoms with Gasteiger partial charge in [-0.3, -0.25) is 4.79 Å². The standard InChI is InChI=1S/C24H25N7OS/c1-15-5-7-17(8-6-15)21-4-3-10-31(21)23-27-20-9-11-30(16(2)32)14-19(20)22(28-23)29-24-26-13-18(12-25)33-24/h5-8,13,21H,3-4,9-11,14H2,1-2H3,(H,26,27,28,29). The molecule has 2 aliphatic rings. The molecule has 1 saturated heterocycles. The minimum absolute atomic E-state index is 0.0377. The van der Waals surface area contributed by atoms with E-state index in [2.05, 4.69) is 52.5 Å². The van der Waals surface area contributed by atoms with Crippen LogP contribution in [0.1, 0.15) is 53.1 Å². The van der Waals surface area contributed by atoms with Gasteiger partial charge in [0.15, 0.2) is 5.13 Å². The Kier molecular flexibility index (Phi) is 5.68. The number of nitrogens with one attached hydrogen (secondary N) is 1. The highest BCUT2D eigenvalue weighted by atomic mass is 32.1. The van der Waals surface area contributed by atoms with Crippen LogP contribution in [-0.4, -0.2) is 38.8 Å². The zero-order chi connectivity index (χ0) is 22.9. The Morgan fingerprint density at radius 2 is 2.06 bits per heavy atom. The molecule has 1 unspecified atom stereocenters. The monoisotopic (exact) mass is 459 g/mol. The fourth-order valence-electron chi connectivity index (χ4n) is 4.53. The Bertz CT molecular complexity index is 1230. The van der Waals surface area contributed by atoms with Crippen molar-refractivity contribution >= 4 is 34.1 Å². The lowest BCUT2D eigenvalue weighted by Gasteiger charge is -2.31. The van der Waals surface area contributed by atoms with Crippen LogP contribution in [0.5, 0.6) is 0 Å². The summed E-state index contributed by atoms with van der Waals surface area (Å²) in [4.78, 5) is 30.9. The van der Waals surface area contributed by atoms with Gasteiger partial charge in [0.2, 0.25) is 11.9 Å². The number of aryl methyl sites for hydroxylation is 1. The van der Waals surface area contributed by atoms with E-state index in [4.69, 9.17) is 15.2 Å². The molecule has 3 aromatic rings. The first kappa shape index (κ1) is 21.3. The number of rotatable bonds is 4. The van der Waals surface area contributed by atoms with Crippen molar-refractivity contribution < 1.29 is 4.79 Å². The number of hydrogen-bond acceptors (Lipinski definition) is 8. The van der Waals surface area contributed by atoms with Crippen LogP contribution in [-0.2, 0) is 17.8 Å². The summed E-state index contributed by atoms with van der Waals surface area (Å²) in [6.07, 6.45) is 4.38. The highest BCUT2D eigenvalue weighted by molar-refractivity contribution is 7.16. The van der Waals surface area contributed by atoms with Crippen LogP contribution in [0.25, 0.3) is 0 Å². The Hall–Kier alpha value is -3.51. The number of hydrogen-bond donors (Lipinski definition) is 1. The number of amides is 1. The Labute approximate surface area is 196 Å². The van der Waals surface area contributed by atoms with E-state index in [1.54, 1.807) is 13.1 Å². The highest BCUT2D eigenvalue weighted by Crippen LogP contribution is 2.37. The molecular weight excluding hydrogens is 434 g/mol. The second-order valence-electron chi connectivity index (χ2n) is 8.52. The maximum atomic E-state index is 12.0. The van der Waals surface area contributed by atoms with E-state index in [-0.39, 0.29) is 11.9 Å². The molecule has 0 aliphatic carbocycles. The summed E-state index contributed by atoms with van der Waals surface area (Å²) in [6.45, 7) is 5.69. The van der Waals surface area contributed by atoms with Gasteiger partial charge in [0.25, 0.3) is 0 Å². The molecule has 0 spiro atoms. The van der Waals surface area contributed by atoms with Gasteiger partial charge in [-0.25, -0.2) is 9.97 Å². The predicted octanol–water partition coefficient (Wildman–Crippen LogP) is 4.10. The number of carbonyl (C=O) groups is 1. The Balaban J connectivity index is 1.53. The summed E-state index contributed by atoms with van der Waals surface area (Å²) in [5, 5.41) is 13.1. The molecule has 5 rings (SSSR count). The maximum Gasteiger partial charge on any atom is 0.228 e. The van der Waals surface area contributed by atoms with Gasteiger partial charge in [-0.2, -0.15) is 10.2 Å². The summed E-state index contributed by atoms with van der Waals surface area (Å²) >= 11 is 1.28. The van der Waals surface area contributed by atoms with Crippen LogP contribution in [0.3, 0.4) is 0 Å². The van der Waals surface area contributed by atoms with Crippen molar-refractivity contribution in [2.75, 3.05) is 23.3 Å². The van der Waals surface area contributed by atoms with Crippen LogP contribution in [0.2, 0.25) is 0 Å². The van der Waals surface area contributed by atoms with Crippen LogP contribution < -0.4 is 10.2 Å². The molecule has 0 saturated carbocycles. The van der Waals surface area contributed by atoms with E-state index >= 15 is 0 Å². The van der Waals surface area contributed by atoms with Crippen LogP contribution in [0.15, 0.2) is 30.5 Å². The predicted molar refractivity (Wildman–Crippen MR) is 127 cm³/mol. The molecule has 8 nitrogen and oxygen atoms in total. The first-order valence-corrected chi connectivity index (χ1v) is 11.9. The lowest BCUT2D eigenvalue weighted by atomic mass is 10.0. The first-order chi connectivity index (χ1) is 16.0. The van der Waals surface area contributed by atoms with E-state index in [1.165, 1.54) is 22.5 Å². The van der Waals surface area contributed by atoms with E-state index in [9.17, 15) is 4.79 Å². The number of anilines is 3. The molecule has 1 atom stereocenters. The van der Waals surface area contributed by atoms with Gasteiger partial charge >= 0.3 is 0 Å². The third-order valence-corrected chi connectivity index (χ3v) is 7.12. The number of nitriles is 1. The smallest absolute Gasteiger partial charge is 0.228 e. The van der Waals surface area contributed by atoms with Gasteiger partial charge in [-0.05, 0) is 25.3 Å². The number of fused-ring (bicyclic) bond motifs is 1. The third-order valence-electron chi connectivity index (χ3n) is 6.31. The lowest BCUT2D eigenvalue weighted by Crippen LogP contribution is -2.36. The second-order valence-corrected chi connectivity index (χ2v) is 9.55. The van der Waals surface area contributed by atoms with E-state index in [1.807, 2.05) is 4.90 Å². The largest absolute Gasteiger partial charge is 0.338 e. The molecule has 1 N–H and O–H groups in total. The van der Waals surface area contributed by atoms with Crippen molar-refractivity contribution in [1.29, 1.82) is 5.26 Å². The SMILES string of the molecule is CC(=O)N1CCc2nc(N3CCCC3c3ccc(C)cc3)nc(Nc3ncc(C#N)s3)c2C1.